The maximum absolute atomic E-state index is 3.58. The molecule has 0 unspecified atom stereocenters. The first-order valence-electron chi connectivity index (χ1n) is 4.73. The summed E-state index contributed by atoms with van der Waals surface area (Å²) in [4.78, 5) is 0. The normalized spacial score (nSPS) is 18.5. The van der Waals surface area contributed by atoms with Crippen LogP contribution < -0.4 is 5.32 Å². The average Bonchev–Trinajstić information content (AvgIpc) is 2.43. The Morgan fingerprint density at radius 2 is 1.87 bits per heavy atom. The number of nitrogens with one attached hydrogen (secondary N) is 1. The number of allylic oxidation sites excluding steroid dienone is 2. The zero-order valence-electron chi connectivity index (χ0n) is 8.30. The summed E-state index contributed by atoms with van der Waals surface area (Å²) in [6, 6.07) is 4.17. The molecule has 1 N–H and O–H groups in total. The third-order valence-electron chi connectivity index (χ3n) is 2.40. The van der Waals surface area contributed by atoms with Crippen molar-refractivity contribution < 1.29 is 0 Å². The standard InChI is InChI=1S/C12H11BrIN/c1-15-12-7-6-11(13)9-4-2-8(14)3-5-10(9)12/h2-8,15H,1H3/t8-/m0/s1. The number of alkyl halides is 1. The molecule has 0 bridgehead atoms. The lowest BCUT2D eigenvalue weighted by Gasteiger charge is -2.10. The van der Waals surface area contributed by atoms with Gasteiger partial charge in [-0.1, -0.05) is 62.8 Å². The number of hydrogen-bond donors (Lipinski definition) is 1. The minimum absolute atomic E-state index is 0.464. The fraction of sp³-hybridized carbons (Fsp3) is 0.167. The van der Waals surface area contributed by atoms with E-state index in [1.165, 1.54) is 16.8 Å². The van der Waals surface area contributed by atoms with Crippen molar-refractivity contribution in [2.24, 2.45) is 0 Å². The smallest absolute Gasteiger partial charge is 0.0476 e. The van der Waals surface area contributed by atoms with Crippen LogP contribution in [0.3, 0.4) is 0 Å². The van der Waals surface area contributed by atoms with E-state index in [0.717, 1.165) is 4.47 Å². The third kappa shape index (κ3) is 2.28. The molecule has 0 aromatic heterocycles. The predicted molar refractivity (Wildman–Crippen MR) is 79.6 cm³/mol. The van der Waals surface area contributed by atoms with E-state index in [1.807, 2.05) is 7.05 Å². The lowest BCUT2D eigenvalue weighted by molar-refractivity contribution is 1.46. The molecule has 0 spiro atoms. The first kappa shape index (κ1) is 11.2. The quantitative estimate of drug-likeness (QED) is 0.568. The minimum Gasteiger partial charge on any atom is -0.388 e. The van der Waals surface area contributed by atoms with Crippen LogP contribution in [0.2, 0.25) is 0 Å². The van der Waals surface area contributed by atoms with Gasteiger partial charge in [0.2, 0.25) is 0 Å². The van der Waals surface area contributed by atoms with Gasteiger partial charge in [0, 0.05) is 26.7 Å². The van der Waals surface area contributed by atoms with E-state index < -0.39 is 0 Å². The maximum Gasteiger partial charge on any atom is 0.0476 e. The molecule has 15 heavy (non-hydrogen) atoms. The Bertz CT molecular complexity index is 437. The number of rotatable bonds is 1. The van der Waals surface area contributed by atoms with E-state index in [2.05, 4.69) is 80.3 Å². The van der Waals surface area contributed by atoms with Crippen molar-refractivity contribution in [1.29, 1.82) is 0 Å². The second-order valence-electron chi connectivity index (χ2n) is 3.33. The Morgan fingerprint density at radius 3 is 2.53 bits per heavy atom. The Labute approximate surface area is 112 Å². The zero-order valence-corrected chi connectivity index (χ0v) is 12.0. The molecule has 3 heteroatoms. The van der Waals surface area contributed by atoms with Crippen molar-refractivity contribution in [3.8, 4) is 0 Å². The molecule has 1 nitrogen and oxygen atoms in total. The minimum atomic E-state index is 0.464. The van der Waals surface area contributed by atoms with E-state index in [1.54, 1.807) is 0 Å². The van der Waals surface area contributed by atoms with Crippen LogP contribution in [-0.2, 0) is 0 Å². The Morgan fingerprint density at radius 1 is 1.20 bits per heavy atom. The molecule has 2 rings (SSSR count). The van der Waals surface area contributed by atoms with Gasteiger partial charge < -0.3 is 5.32 Å². The topological polar surface area (TPSA) is 12.0 Å². The van der Waals surface area contributed by atoms with Gasteiger partial charge in [-0.25, -0.2) is 0 Å². The van der Waals surface area contributed by atoms with Crippen LogP contribution in [-0.4, -0.2) is 11.0 Å². The van der Waals surface area contributed by atoms with E-state index >= 15 is 0 Å². The number of fused-ring (bicyclic) bond motifs is 1. The molecule has 1 atom stereocenters. The van der Waals surface area contributed by atoms with Crippen molar-refractivity contribution in [2.45, 2.75) is 3.92 Å². The lowest BCUT2D eigenvalue weighted by Crippen LogP contribution is -1.94. The van der Waals surface area contributed by atoms with Gasteiger partial charge in [-0.15, -0.1) is 0 Å². The van der Waals surface area contributed by atoms with Gasteiger partial charge in [0.05, 0.1) is 0 Å². The molecule has 0 aliphatic heterocycles. The highest BCUT2D eigenvalue weighted by Crippen LogP contribution is 2.32. The molecular formula is C12H11BrIN. The van der Waals surface area contributed by atoms with Gasteiger partial charge in [0.1, 0.15) is 0 Å². The average molecular weight is 376 g/mol. The number of halogens is 2. The Hall–Kier alpha value is -0.290. The number of hydrogen-bond acceptors (Lipinski definition) is 1. The van der Waals surface area contributed by atoms with Crippen molar-refractivity contribution in [2.75, 3.05) is 12.4 Å². The molecule has 1 aromatic carbocycles. The summed E-state index contributed by atoms with van der Waals surface area (Å²) in [5.41, 5.74) is 3.67. The summed E-state index contributed by atoms with van der Waals surface area (Å²) in [7, 11) is 1.95. The van der Waals surface area contributed by atoms with Crippen LogP contribution in [0.1, 0.15) is 11.1 Å². The van der Waals surface area contributed by atoms with Crippen LogP contribution in [0, 0.1) is 0 Å². The highest BCUT2D eigenvalue weighted by molar-refractivity contribution is 14.1. The molecule has 0 saturated carbocycles. The molecule has 0 radical (unpaired) electrons. The summed E-state index contributed by atoms with van der Waals surface area (Å²) in [5.74, 6) is 0. The van der Waals surface area contributed by atoms with Gasteiger partial charge in [0.15, 0.2) is 0 Å². The van der Waals surface area contributed by atoms with Crippen LogP contribution in [0.5, 0.6) is 0 Å². The third-order valence-corrected chi connectivity index (χ3v) is 3.92. The van der Waals surface area contributed by atoms with Crippen molar-refractivity contribution in [3.05, 3.63) is 39.9 Å². The SMILES string of the molecule is CNc1ccc(Br)c2c1C=C[C@@H](I)C=C2. The highest BCUT2D eigenvalue weighted by Gasteiger charge is 2.09. The second-order valence-corrected chi connectivity index (χ2v) is 5.63. The molecule has 0 fully saturated rings. The fourth-order valence-corrected chi connectivity index (χ4v) is 2.51. The molecular weight excluding hydrogens is 365 g/mol. The van der Waals surface area contributed by atoms with Crippen molar-refractivity contribution >= 4 is 56.4 Å². The molecule has 1 aliphatic carbocycles. The molecule has 0 heterocycles. The summed E-state index contributed by atoms with van der Waals surface area (Å²) < 4.78 is 1.61. The Balaban J connectivity index is 2.64. The van der Waals surface area contributed by atoms with Gasteiger partial charge >= 0.3 is 0 Å². The zero-order chi connectivity index (χ0) is 10.8. The first-order chi connectivity index (χ1) is 7.22. The number of anilines is 1. The van der Waals surface area contributed by atoms with Crippen molar-refractivity contribution in [1.82, 2.24) is 0 Å². The van der Waals surface area contributed by atoms with Crippen LogP contribution in [0.4, 0.5) is 5.69 Å². The van der Waals surface area contributed by atoms with Crippen LogP contribution >= 0.6 is 38.5 Å². The summed E-state index contributed by atoms with van der Waals surface area (Å²) in [5, 5.41) is 3.22. The van der Waals surface area contributed by atoms with E-state index in [-0.39, 0.29) is 0 Å². The van der Waals surface area contributed by atoms with Gasteiger partial charge in [0.25, 0.3) is 0 Å². The van der Waals surface area contributed by atoms with Crippen LogP contribution in [0.15, 0.2) is 28.8 Å². The van der Waals surface area contributed by atoms with E-state index in [0.29, 0.717) is 3.92 Å². The number of benzene rings is 1. The monoisotopic (exact) mass is 375 g/mol. The summed E-state index contributed by atoms with van der Waals surface area (Å²) in [6.07, 6.45) is 8.77. The molecule has 0 saturated heterocycles. The second kappa shape index (κ2) is 4.70. The summed E-state index contributed by atoms with van der Waals surface area (Å²) in [6.45, 7) is 0. The van der Waals surface area contributed by atoms with E-state index in [9.17, 15) is 0 Å². The van der Waals surface area contributed by atoms with Crippen molar-refractivity contribution in [3.63, 3.8) is 0 Å². The van der Waals surface area contributed by atoms with Crippen LogP contribution in [0.25, 0.3) is 12.2 Å². The van der Waals surface area contributed by atoms with Gasteiger partial charge in [-0.2, -0.15) is 0 Å². The molecule has 1 aromatic rings. The Kier molecular flexibility index (Phi) is 3.51. The van der Waals surface area contributed by atoms with Gasteiger partial charge in [-0.3, -0.25) is 0 Å². The molecule has 0 amide bonds. The summed E-state index contributed by atoms with van der Waals surface area (Å²) >= 11 is 5.99. The largest absolute Gasteiger partial charge is 0.388 e. The van der Waals surface area contributed by atoms with E-state index in [4.69, 9.17) is 0 Å². The fourth-order valence-electron chi connectivity index (χ4n) is 1.62. The first-order valence-corrected chi connectivity index (χ1v) is 6.77. The lowest BCUT2D eigenvalue weighted by atomic mass is 10.1. The highest BCUT2D eigenvalue weighted by atomic mass is 127. The molecule has 78 valence electrons. The predicted octanol–water partition coefficient (Wildman–Crippen LogP) is 4.33. The maximum atomic E-state index is 3.58. The van der Waals surface area contributed by atoms with Gasteiger partial charge in [-0.05, 0) is 17.7 Å². The molecule has 1 aliphatic rings.